The number of ether oxygens (including phenoxy) is 1. The van der Waals surface area contributed by atoms with Crippen molar-refractivity contribution in [3.05, 3.63) is 29.0 Å². The number of hydrogen-bond acceptors (Lipinski definition) is 4. The highest BCUT2D eigenvalue weighted by Crippen LogP contribution is 2.25. The minimum Gasteiger partial charge on any atom is -0.466 e. The van der Waals surface area contributed by atoms with Gasteiger partial charge in [-0.2, -0.15) is 0 Å². The molecule has 1 amide bonds. The normalized spacial score (nSPS) is 21.6. The molecule has 0 atom stereocenters. The van der Waals surface area contributed by atoms with Crippen molar-refractivity contribution in [2.75, 3.05) is 6.61 Å². The molecule has 1 aliphatic carbocycles. The molecule has 0 radical (unpaired) electrons. The monoisotopic (exact) mass is 310 g/mol. The second-order valence-electron chi connectivity index (χ2n) is 5.14. The second-order valence-corrected chi connectivity index (χ2v) is 5.53. The quantitative estimate of drug-likeness (QED) is 0.685. The van der Waals surface area contributed by atoms with Gasteiger partial charge in [-0.1, -0.05) is 11.6 Å². The standard InChI is InChI=1S/C15H19ClN2O3/c1-2-21-15(20)10-3-5-12(6-4-10)18-14(19)11-7-8-17-13(16)9-11/h7-10,12H,2-6H2,1H3,(H,18,19). The Morgan fingerprint density at radius 2 is 2.10 bits per heavy atom. The molecular formula is C15H19ClN2O3. The number of amides is 1. The van der Waals surface area contributed by atoms with Crippen LogP contribution in [0.3, 0.4) is 0 Å². The molecular weight excluding hydrogens is 292 g/mol. The maximum atomic E-state index is 12.1. The SMILES string of the molecule is CCOC(=O)C1CCC(NC(=O)c2ccnc(Cl)c2)CC1. The van der Waals surface area contributed by atoms with Gasteiger partial charge in [0, 0.05) is 17.8 Å². The fourth-order valence-corrected chi connectivity index (χ4v) is 2.72. The summed E-state index contributed by atoms with van der Waals surface area (Å²) in [5.74, 6) is -0.310. The fourth-order valence-electron chi connectivity index (χ4n) is 2.55. The van der Waals surface area contributed by atoms with Crippen LogP contribution in [-0.4, -0.2) is 29.5 Å². The summed E-state index contributed by atoms with van der Waals surface area (Å²) in [6.45, 7) is 2.22. The predicted molar refractivity (Wildman–Crippen MR) is 79.1 cm³/mol. The first-order valence-electron chi connectivity index (χ1n) is 7.19. The molecule has 1 aromatic rings. The molecule has 1 fully saturated rings. The molecule has 1 heterocycles. The lowest BCUT2D eigenvalue weighted by molar-refractivity contribution is -0.149. The van der Waals surface area contributed by atoms with Crippen LogP contribution in [0.15, 0.2) is 18.3 Å². The zero-order chi connectivity index (χ0) is 15.2. The minimum absolute atomic E-state index is 0.0338. The Bertz CT molecular complexity index is 513. The van der Waals surface area contributed by atoms with Crippen LogP contribution in [0, 0.1) is 5.92 Å². The Morgan fingerprint density at radius 3 is 2.71 bits per heavy atom. The molecule has 1 aliphatic rings. The average molecular weight is 311 g/mol. The highest BCUT2D eigenvalue weighted by Gasteiger charge is 2.28. The predicted octanol–water partition coefficient (Wildman–Crippen LogP) is 2.59. The van der Waals surface area contributed by atoms with Crippen molar-refractivity contribution in [3.8, 4) is 0 Å². The number of carbonyl (C=O) groups is 2. The summed E-state index contributed by atoms with van der Waals surface area (Å²) in [4.78, 5) is 27.6. The number of halogens is 1. The molecule has 1 aromatic heterocycles. The molecule has 6 heteroatoms. The smallest absolute Gasteiger partial charge is 0.308 e. The lowest BCUT2D eigenvalue weighted by Crippen LogP contribution is -2.39. The Morgan fingerprint density at radius 1 is 1.38 bits per heavy atom. The van der Waals surface area contributed by atoms with Crippen LogP contribution < -0.4 is 5.32 Å². The van der Waals surface area contributed by atoms with Crippen molar-refractivity contribution in [1.82, 2.24) is 10.3 Å². The summed E-state index contributed by atoms with van der Waals surface area (Å²) < 4.78 is 5.03. The van der Waals surface area contributed by atoms with Crippen molar-refractivity contribution in [2.24, 2.45) is 5.92 Å². The van der Waals surface area contributed by atoms with Gasteiger partial charge < -0.3 is 10.1 Å². The number of nitrogens with zero attached hydrogens (tertiary/aromatic N) is 1. The van der Waals surface area contributed by atoms with Gasteiger partial charge in [0.1, 0.15) is 5.15 Å². The van der Waals surface area contributed by atoms with Gasteiger partial charge in [0.2, 0.25) is 0 Å². The summed E-state index contributed by atoms with van der Waals surface area (Å²) in [6.07, 6.45) is 4.58. The summed E-state index contributed by atoms with van der Waals surface area (Å²) in [7, 11) is 0. The highest BCUT2D eigenvalue weighted by molar-refractivity contribution is 6.29. The molecule has 2 rings (SSSR count). The molecule has 0 bridgehead atoms. The molecule has 21 heavy (non-hydrogen) atoms. The van der Waals surface area contributed by atoms with Crippen LogP contribution in [0.1, 0.15) is 43.0 Å². The van der Waals surface area contributed by atoms with E-state index < -0.39 is 0 Å². The Balaban J connectivity index is 1.83. The molecule has 114 valence electrons. The fraction of sp³-hybridized carbons (Fsp3) is 0.533. The van der Waals surface area contributed by atoms with Crippen molar-refractivity contribution in [1.29, 1.82) is 0 Å². The van der Waals surface area contributed by atoms with Crippen molar-refractivity contribution < 1.29 is 14.3 Å². The Labute approximate surface area is 129 Å². The molecule has 0 spiro atoms. The van der Waals surface area contributed by atoms with Crippen LogP contribution in [0.5, 0.6) is 0 Å². The topological polar surface area (TPSA) is 68.3 Å². The third-order valence-corrected chi connectivity index (χ3v) is 3.88. The van der Waals surface area contributed by atoms with Gasteiger partial charge in [0.15, 0.2) is 0 Å². The number of aromatic nitrogens is 1. The Hall–Kier alpha value is -1.62. The summed E-state index contributed by atoms with van der Waals surface area (Å²) in [5.41, 5.74) is 0.502. The third-order valence-electron chi connectivity index (χ3n) is 3.67. The zero-order valence-electron chi connectivity index (χ0n) is 12.0. The third kappa shape index (κ3) is 4.43. The molecule has 1 N–H and O–H groups in total. The van der Waals surface area contributed by atoms with E-state index in [0.717, 1.165) is 25.7 Å². The van der Waals surface area contributed by atoms with E-state index in [9.17, 15) is 9.59 Å². The van der Waals surface area contributed by atoms with E-state index in [0.29, 0.717) is 17.3 Å². The van der Waals surface area contributed by atoms with E-state index in [-0.39, 0.29) is 23.8 Å². The summed E-state index contributed by atoms with van der Waals surface area (Å²) in [6, 6.07) is 3.27. The van der Waals surface area contributed by atoms with Crippen molar-refractivity contribution >= 4 is 23.5 Å². The first-order chi connectivity index (χ1) is 10.1. The van der Waals surface area contributed by atoms with Crippen molar-refractivity contribution in [2.45, 2.75) is 38.6 Å². The van der Waals surface area contributed by atoms with Crippen LogP contribution in [0.2, 0.25) is 5.15 Å². The summed E-state index contributed by atoms with van der Waals surface area (Å²) in [5, 5.41) is 3.28. The zero-order valence-corrected chi connectivity index (χ0v) is 12.7. The molecule has 0 unspecified atom stereocenters. The van der Waals surface area contributed by atoms with Gasteiger partial charge in [-0.25, -0.2) is 4.98 Å². The number of carbonyl (C=O) groups excluding carboxylic acids is 2. The van der Waals surface area contributed by atoms with Crippen LogP contribution in [-0.2, 0) is 9.53 Å². The van der Waals surface area contributed by atoms with E-state index in [1.807, 2.05) is 6.92 Å². The van der Waals surface area contributed by atoms with Gasteiger partial charge in [-0.3, -0.25) is 9.59 Å². The first kappa shape index (κ1) is 15.8. The molecule has 0 saturated heterocycles. The van der Waals surface area contributed by atoms with E-state index in [2.05, 4.69) is 10.3 Å². The lowest BCUT2D eigenvalue weighted by Gasteiger charge is -2.27. The number of pyridine rings is 1. The maximum Gasteiger partial charge on any atom is 0.308 e. The highest BCUT2D eigenvalue weighted by atomic mass is 35.5. The second kappa shape index (κ2) is 7.41. The molecule has 1 saturated carbocycles. The number of esters is 1. The van der Waals surface area contributed by atoms with E-state index in [1.54, 1.807) is 12.1 Å². The number of rotatable bonds is 4. The van der Waals surface area contributed by atoms with Gasteiger partial charge in [0.05, 0.1) is 12.5 Å². The van der Waals surface area contributed by atoms with Gasteiger partial charge in [0.25, 0.3) is 5.91 Å². The molecule has 0 aromatic carbocycles. The molecule has 0 aliphatic heterocycles. The van der Waals surface area contributed by atoms with Gasteiger partial charge in [-0.05, 0) is 44.7 Å². The van der Waals surface area contributed by atoms with Crippen LogP contribution in [0.25, 0.3) is 0 Å². The summed E-state index contributed by atoms with van der Waals surface area (Å²) >= 11 is 5.77. The van der Waals surface area contributed by atoms with Crippen LogP contribution in [0.4, 0.5) is 0 Å². The van der Waals surface area contributed by atoms with Gasteiger partial charge in [-0.15, -0.1) is 0 Å². The van der Waals surface area contributed by atoms with E-state index >= 15 is 0 Å². The van der Waals surface area contributed by atoms with Gasteiger partial charge >= 0.3 is 5.97 Å². The number of hydrogen-bond donors (Lipinski definition) is 1. The maximum absolute atomic E-state index is 12.1. The number of nitrogens with one attached hydrogen (secondary N) is 1. The largest absolute Gasteiger partial charge is 0.466 e. The lowest BCUT2D eigenvalue weighted by atomic mass is 9.86. The van der Waals surface area contributed by atoms with E-state index in [1.165, 1.54) is 6.20 Å². The molecule has 5 nitrogen and oxygen atoms in total. The first-order valence-corrected chi connectivity index (χ1v) is 7.57. The van der Waals surface area contributed by atoms with Crippen molar-refractivity contribution in [3.63, 3.8) is 0 Å². The minimum atomic E-state index is -0.154. The van der Waals surface area contributed by atoms with Crippen LogP contribution >= 0.6 is 11.6 Å². The Kier molecular flexibility index (Phi) is 5.56. The average Bonchev–Trinajstić information content (AvgIpc) is 2.48. The van der Waals surface area contributed by atoms with E-state index in [4.69, 9.17) is 16.3 Å².